The fourth-order valence-electron chi connectivity index (χ4n) is 0.339. The first kappa shape index (κ1) is 8.14. The molecular formula is C6H11FN2. The maximum atomic E-state index is 11.3. The lowest BCUT2D eigenvalue weighted by atomic mass is 10.4. The Kier molecular flexibility index (Phi) is 3.67. The first-order chi connectivity index (χ1) is 4.18. The largest absolute Gasteiger partial charge is 0.366 e. The van der Waals surface area contributed by atoms with Gasteiger partial charge in [-0.15, -0.1) is 0 Å². The second-order valence-electron chi connectivity index (χ2n) is 1.91. The lowest BCUT2D eigenvalue weighted by Gasteiger charge is -2.10. The molecule has 0 aromatic carbocycles. The molecule has 3 heteroatoms. The van der Waals surface area contributed by atoms with Crippen LogP contribution >= 0.6 is 0 Å². The minimum atomic E-state index is 0.365. The van der Waals surface area contributed by atoms with Gasteiger partial charge in [0.15, 0.2) is 0 Å². The summed E-state index contributed by atoms with van der Waals surface area (Å²) in [5.74, 6) is 0.406. The van der Waals surface area contributed by atoms with Crippen molar-refractivity contribution in [1.82, 2.24) is 4.90 Å². The normalized spacial score (nSPS) is 10.1. The van der Waals surface area contributed by atoms with Crippen molar-refractivity contribution < 1.29 is 4.39 Å². The lowest BCUT2D eigenvalue weighted by Crippen LogP contribution is -2.19. The zero-order valence-corrected chi connectivity index (χ0v) is 5.69. The minimum Gasteiger partial charge on any atom is -0.366 e. The third-order valence-corrected chi connectivity index (χ3v) is 0.940. The Bertz CT molecular complexity index is 118. The highest BCUT2D eigenvalue weighted by Gasteiger charge is 1.92. The number of amidine groups is 1. The van der Waals surface area contributed by atoms with E-state index in [1.807, 2.05) is 0 Å². The topological polar surface area (TPSA) is 27.1 Å². The molecule has 52 valence electrons. The van der Waals surface area contributed by atoms with Crippen molar-refractivity contribution in [2.75, 3.05) is 14.1 Å². The van der Waals surface area contributed by atoms with Gasteiger partial charge in [0.2, 0.25) is 0 Å². The summed E-state index contributed by atoms with van der Waals surface area (Å²) in [6.45, 7) is 0. The molecule has 0 radical (unpaired) electrons. The molecule has 0 bridgehead atoms. The standard InChI is InChI=1S/C6H11FN2/c1-9(2)6(8)4-3-5-7/h3,5,8H,4H2,1-2H3/b5-3+,8-6?. The molecule has 0 aliphatic carbocycles. The Morgan fingerprint density at radius 3 is 2.56 bits per heavy atom. The van der Waals surface area contributed by atoms with Gasteiger partial charge in [-0.25, -0.2) is 4.39 Å². The molecule has 0 fully saturated rings. The maximum Gasteiger partial charge on any atom is 0.0992 e. The smallest absolute Gasteiger partial charge is 0.0992 e. The van der Waals surface area contributed by atoms with Crippen LogP contribution < -0.4 is 0 Å². The second-order valence-corrected chi connectivity index (χ2v) is 1.91. The third-order valence-electron chi connectivity index (χ3n) is 0.940. The molecule has 0 unspecified atom stereocenters. The fourth-order valence-corrected chi connectivity index (χ4v) is 0.339. The average Bonchev–Trinajstić information content (AvgIpc) is 1.82. The maximum absolute atomic E-state index is 11.3. The summed E-state index contributed by atoms with van der Waals surface area (Å²) in [4.78, 5) is 1.64. The van der Waals surface area contributed by atoms with Crippen molar-refractivity contribution in [2.24, 2.45) is 0 Å². The van der Waals surface area contributed by atoms with Crippen molar-refractivity contribution in [3.05, 3.63) is 12.4 Å². The SMILES string of the molecule is CN(C)C(=N)C/C=C/F. The van der Waals surface area contributed by atoms with Gasteiger partial charge >= 0.3 is 0 Å². The first-order valence-corrected chi connectivity index (χ1v) is 2.68. The van der Waals surface area contributed by atoms with Gasteiger partial charge in [-0.2, -0.15) is 0 Å². The number of rotatable bonds is 2. The molecule has 2 nitrogen and oxygen atoms in total. The lowest BCUT2D eigenvalue weighted by molar-refractivity contribution is 0.605. The quantitative estimate of drug-likeness (QED) is 0.444. The van der Waals surface area contributed by atoms with Gasteiger partial charge < -0.3 is 4.90 Å². The summed E-state index contributed by atoms with van der Waals surface area (Å²) in [6.07, 6.45) is 2.13. The number of hydrogen-bond donors (Lipinski definition) is 1. The van der Waals surface area contributed by atoms with Crippen LogP contribution in [-0.4, -0.2) is 24.8 Å². The molecule has 0 saturated carbocycles. The summed E-state index contributed by atoms with van der Waals surface area (Å²) >= 11 is 0. The van der Waals surface area contributed by atoms with Crippen molar-refractivity contribution in [3.63, 3.8) is 0 Å². The van der Waals surface area contributed by atoms with Crippen LogP contribution in [0.3, 0.4) is 0 Å². The monoisotopic (exact) mass is 130 g/mol. The van der Waals surface area contributed by atoms with E-state index in [2.05, 4.69) is 0 Å². The van der Waals surface area contributed by atoms with Crippen molar-refractivity contribution >= 4 is 5.84 Å². The van der Waals surface area contributed by atoms with E-state index >= 15 is 0 Å². The Morgan fingerprint density at radius 1 is 1.67 bits per heavy atom. The molecule has 0 saturated heterocycles. The van der Waals surface area contributed by atoms with Gasteiger partial charge in [-0.3, -0.25) is 5.41 Å². The van der Waals surface area contributed by atoms with Crippen molar-refractivity contribution in [1.29, 1.82) is 5.41 Å². The highest BCUT2D eigenvalue weighted by molar-refractivity contribution is 5.79. The predicted molar refractivity (Wildman–Crippen MR) is 36.3 cm³/mol. The number of halogens is 1. The molecule has 0 amide bonds. The fraction of sp³-hybridized carbons (Fsp3) is 0.500. The molecule has 0 atom stereocenters. The molecule has 0 spiro atoms. The summed E-state index contributed by atoms with van der Waals surface area (Å²) in [6, 6.07) is 0. The van der Waals surface area contributed by atoms with Crippen LogP contribution in [0.5, 0.6) is 0 Å². The van der Waals surface area contributed by atoms with E-state index in [4.69, 9.17) is 5.41 Å². The van der Waals surface area contributed by atoms with E-state index < -0.39 is 0 Å². The van der Waals surface area contributed by atoms with Crippen LogP contribution in [0, 0.1) is 5.41 Å². The van der Waals surface area contributed by atoms with Crippen molar-refractivity contribution in [3.8, 4) is 0 Å². The van der Waals surface area contributed by atoms with E-state index in [0.717, 1.165) is 0 Å². The Labute approximate surface area is 54.5 Å². The molecule has 9 heavy (non-hydrogen) atoms. The number of nitrogens with one attached hydrogen (secondary N) is 1. The minimum absolute atomic E-state index is 0.365. The zero-order valence-electron chi connectivity index (χ0n) is 5.69. The van der Waals surface area contributed by atoms with Crippen molar-refractivity contribution in [2.45, 2.75) is 6.42 Å². The third kappa shape index (κ3) is 3.70. The summed E-state index contributed by atoms with van der Waals surface area (Å²) in [5, 5.41) is 7.15. The van der Waals surface area contributed by atoms with Gasteiger partial charge in [0.25, 0.3) is 0 Å². The van der Waals surface area contributed by atoms with Crippen LogP contribution in [0.2, 0.25) is 0 Å². The molecule has 0 aliphatic rings. The highest BCUT2D eigenvalue weighted by Crippen LogP contribution is 1.88. The van der Waals surface area contributed by atoms with Crippen LogP contribution in [-0.2, 0) is 0 Å². The average molecular weight is 130 g/mol. The van der Waals surface area contributed by atoms with Crippen LogP contribution in [0.25, 0.3) is 0 Å². The van der Waals surface area contributed by atoms with Crippen LogP contribution in [0.4, 0.5) is 4.39 Å². The molecular weight excluding hydrogens is 119 g/mol. The first-order valence-electron chi connectivity index (χ1n) is 2.68. The molecule has 0 aromatic rings. The van der Waals surface area contributed by atoms with E-state index in [-0.39, 0.29) is 0 Å². The summed E-state index contributed by atoms with van der Waals surface area (Å²) in [7, 11) is 3.52. The van der Waals surface area contributed by atoms with Crippen LogP contribution in [0.1, 0.15) is 6.42 Å². The summed E-state index contributed by atoms with van der Waals surface area (Å²) < 4.78 is 11.3. The predicted octanol–water partition coefficient (Wildman–Crippen LogP) is 1.40. The zero-order chi connectivity index (χ0) is 7.28. The number of hydrogen-bond acceptors (Lipinski definition) is 1. The molecule has 0 rings (SSSR count). The Hall–Kier alpha value is -0.860. The van der Waals surface area contributed by atoms with E-state index in [1.54, 1.807) is 19.0 Å². The molecule has 0 heterocycles. The Morgan fingerprint density at radius 2 is 2.22 bits per heavy atom. The summed E-state index contributed by atoms with van der Waals surface area (Å²) in [5.41, 5.74) is 0. The van der Waals surface area contributed by atoms with E-state index in [9.17, 15) is 4.39 Å². The van der Waals surface area contributed by atoms with Crippen LogP contribution in [0.15, 0.2) is 12.4 Å². The highest BCUT2D eigenvalue weighted by atomic mass is 19.1. The Balaban J connectivity index is 3.51. The number of nitrogens with zero attached hydrogens (tertiary/aromatic N) is 1. The molecule has 0 aromatic heterocycles. The van der Waals surface area contributed by atoms with Gasteiger partial charge in [-0.1, -0.05) is 0 Å². The molecule has 1 N–H and O–H groups in total. The van der Waals surface area contributed by atoms with Gasteiger partial charge in [-0.05, 0) is 6.08 Å². The molecule has 0 aliphatic heterocycles. The van der Waals surface area contributed by atoms with E-state index in [1.165, 1.54) is 6.08 Å². The van der Waals surface area contributed by atoms with Gasteiger partial charge in [0, 0.05) is 20.5 Å². The van der Waals surface area contributed by atoms with Gasteiger partial charge in [0.05, 0.1) is 12.2 Å². The van der Waals surface area contributed by atoms with E-state index in [0.29, 0.717) is 18.6 Å². The second kappa shape index (κ2) is 4.06. The van der Waals surface area contributed by atoms with Gasteiger partial charge in [0.1, 0.15) is 0 Å².